The molecule has 6 nitrogen and oxygen atoms in total. The van der Waals surface area contributed by atoms with E-state index in [1.807, 2.05) is 23.7 Å². The van der Waals surface area contributed by atoms with Crippen molar-refractivity contribution in [3.63, 3.8) is 0 Å². The summed E-state index contributed by atoms with van der Waals surface area (Å²) < 4.78 is 7.55. The summed E-state index contributed by atoms with van der Waals surface area (Å²) in [5.74, 6) is 1.75. The van der Waals surface area contributed by atoms with Crippen molar-refractivity contribution in [2.45, 2.75) is 43.9 Å². The molecule has 0 spiro atoms. The molecule has 0 fully saturated rings. The maximum absolute atomic E-state index is 12.1. The molecule has 1 aromatic heterocycles. The molecule has 0 aliphatic heterocycles. The van der Waals surface area contributed by atoms with Gasteiger partial charge in [-0.05, 0) is 56.4 Å². The Balaban J connectivity index is 1.40. The highest BCUT2D eigenvalue weighted by atomic mass is 35.5. The molecule has 1 aliphatic rings. The molecule has 0 saturated carbocycles. The molecule has 8 heteroatoms. The normalized spacial score (nSPS) is 13.9. The highest BCUT2D eigenvalue weighted by molar-refractivity contribution is 7.99. The third-order valence-corrected chi connectivity index (χ3v) is 5.86. The SMILES string of the molecule is Cn1c(COc2ccc(Cl)cc2)nnc1SCC(=O)NCCC1=CCCCC1. The molecule has 1 amide bonds. The molecule has 0 saturated heterocycles. The van der Waals surface area contributed by atoms with E-state index < -0.39 is 0 Å². The summed E-state index contributed by atoms with van der Waals surface area (Å²) in [6, 6.07) is 7.17. The third-order valence-electron chi connectivity index (χ3n) is 4.59. The van der Waals surface area contributed by atoms with Crippen LogP contribution >= 0.6 is 23.4 Å². The highest BCUT2D eigenvalue weighted by Crippen LogP contribution is 2.20. The van der Waals surface area contributed by atoms with Gasteiger partial charge >= 0.3 is 0 Å². The van der Waals surface area contributed by atoms with Crippen LogP contribution in [0.3, 0.4) is 0 Å². The zero-order valence-electron chi connectivity index (χ0n) is 16.0. The number of aromatic nitrogens is 3. The summed E-state index contributed by atoms with van der Waals surface area (Å²) in [7, 11) is 1.87. The van der Waals surface area contributed by atoms with Crippen molar-refractivity contribution >= 4 is 29.3 Å². The smallest absolute Gasteiger partial charge is 0.230 e. The average molecular weight is 421 g/mol. The second-order valence-electron chi connectivity index (χ2n) is 6.70. The molecular weight excluding hydrogens is 396 g/mol. The molecule has 0 radical (unpaired) electrons. The van der Waals surface area contributed by atoms with Crippen LogP contribution in [0.5, 0.6) is 5.75 Å². The van der Waals surface area contributed by atoms with E-state index in [0.717, 1.165) is 6.42 Å². The first-order valence-corrected chi connectivity index (χ1v) is 10.8. The van der Waals surface area contributed by atoms with Crippen LogP contribution in [-0.2, 0) is 18.4 Å². The van der Waals surface area contributed by atoms with Gasteiger partial charge in [-0.3, -0.25) is 4.79 Å². The Bertz CT molecular complexity index is 820. The number of hydrogen-bond acceptors (Lipinski definition) is 5. The Morgan fingerprint density at radius 1 is 1.29 bits per heavy atom. The molecular formula is C20H25ClN4O2S. The lowest BCUT2D eigenvalue weighted by Crippen LogP contribution is -2.26. The number of benzene rings is 1. The van der Waals surface area contributed by atoms with Gasteiger partial charge in [0, 0.05) is 18.6 Å². The number of carbonyl (C=O) groups excluding carboxylic acids is 1. The molecule has 1 heterocycles. The quantitative estimate of drug-likeness (QED) is 0.487. The van der Waals surface area contributed by atoms with Crippen LogP contribution in [0, 0.1) is 0 Å². The predicted molar refractivity (Wildman–Crippen MR) is 112 cm³/mol. The second kappa shape index (κ2) is 10.5. The summed E-state index contributed by atoms with van der Waals surface area (Å²) in [6.07, 6.45) is 8.17. The average Bonchev–Trinajstić information content (AvgIpc) is 3.06. The summed E-state index contributed by atoms with van der Waals surface area (Å²) in [5, 5.41) is 12.6. The maximum Gasteiger partial charge on any atom is 0.230 e. The van der Waals surface area contributed by atoms with Crippen molar-refractivity contribution in [3.8, 4) is 5.75 Å². The molecule has 1 aromatic carbocycles. The van der Waals surface area contributed by atoms with Gasteiger partial charge in [0.2, 0.25) is 5.91 Å². The minimum Gasteiger partial charge on any atom is -0.486 e. The number of rotatable bonds is 9. The Morgan fingerprint density at radius 3 is 2.86 bits per heavy atom. The molecule has 2 aromatic rings. The van der Waals surface area contributed by atoms with Crippen LogP contribution in [0.2, 0.25) is 5.02 Å². The first-order chi connectivity index (χ1) is 13.6. The predicted octanol–water partition coefficient (Wildman–Crippen LogP) is 4.15. The van der Waals surface area contributed by atoms with Crippen LogP contribution in [0.15, 0.2) is 41.1 Å². The zero-order chi connectivity index (χ0) is 19.8. The van der Waals surface area contributed by atoms with Crippen molar-refractivity contribution in [1.82, 2.24) is 20.1 Å². The van der Waals surface area contributed by atoms with Gasteiger partial charge < -0.3 is 14.6 Å². The molecule has 150 valence electrons. The van der Waals surface area contributed by atoms with Gasteiger partial charge in [-0.15, -0.1) is 10.2 Å². The van der Waals surface area contributed by atoms with E-state index >= 15 is 0 Å². The largest absolute Gasteiger partial charge is 0.486 e. The zero-order valence-corrected chi connectivity index (χ0v) is 17.6. The van der Waals surface area contributed by atoms with Crippen LogP contribution < -0.4 is 10.1 Å². The fourth-order valence-electron chi connectivity index (χ4n) is 2.95. The molecule has 0 atom stereocenters. The molecule has 28 heavy (non-hydrogen) atoms. The third kappa shape index (κ3) is 6.27. The molecule has 1 N–H and O–H groups in total. The van der Waals surface area contributed by atoms with Gasteiger partial charge in [-0.2, -0.15) is 0 Å². The summed E-state index contributed by atoms with van der Waals surface area (Å²) >= 11 is 7.24. The van der Waals surface area contributed by atoms with Gasteiger partial charge in [0.15, 0.2) is 11.0 Å². The number of nitrogens with one attached hydrogen (secondary N) is 1. The van der Waals surface area contributed by atoms with Gasteiger partial charge in [0.05, 0.1) is 5.75 Å². The van der Waals surface area contributed by atoms with Gasteiger partial charge in [-0.25, -0.2) is 0 Å². The van der Waals surface area contributed by atoms with E-state index in [-0.39, 0.29) is 5.91 Å². The molecule has 0 unspecified atom stereocenters. The van der Waals surface area contributed by atoms with Crippen molar-refractivity contribution in [2.75, 3.05) is 12.3 Å². The van der Waals surface area contributed by atoms with E-state index in [1.165, 1.54) is 43.0 Å². The second-order valence-corrected chi connectivity index (χ2v) is 8.08. The monoisotopic (exact) mass is 420 g/mol. The number of amides is 1. The number of allylic oxidation sites excluding steroid dienone is 1. The Hall–Kier alpha value is -1.99. The number of ether oxygens (including phenoxy) is 1. The number of thioether (sulfide) groups is 1. The van der Waals surface area contributed by atoms with Gasteiger partial charge in [-0.1, -0.05) is 35.0 Å². The summed E-state index contributed by atoms with van der Waals surface area (Å²) in [5.41, 5.74) is 1.47. The standard InChI is InChI=1S/C20H25ClN4O2S/c1-25-18(13-27-17-9-7-16(21)8-10-17)23-24-20(25)28-14-19(26)22-12-11-15-5-3-2-4-6-15/h5,7-10H,2-4,6,11-14H2,1H3,(H,22,26). The Kier molecular flexibility index (Phi) is 7.80. The van der Waals surface area contributed by atoms with Crippen LogP contribution in [0.25, 0.3) is 0 Å². The fourth-order valence-corrected chi connectivity index (χ4v) is 3.84. The number of hydrogen-bond donors (Lipinski definition) is 1. The van der Waals surface area contributed by atoms with Crippen molar-refractivity contribution in [2.24, 2.45) is 7.05 Å². The highest BCUT2D eigenvalue weighted by Gasteiger charge is 2.12. The molecule has 0 bridgehead atoms. The van der Waals surface area contributed by atoms with Crippen LogP contribution in [0.4, 0.5) is 0 Å². The van der Waals surface area contributed by atoms with Crippen LogP contribution in [0.1, 0.15) is 37.9 Å². The molecule has 3 rings (SSSR count). The summed E-state index contributed by atoms with van der Waals surface area (Å²) in [4.78, 5) is 12.1. The minimum absolute atomic E-state index is 0.0170. The first-order valence-electron chi connectivity index (χ1n) is 9.46. The van der Waals surface area contributed by atoms with E-state index in [4.69, 9.17) is 16.3 Å². The maximum atomic E-state index is 12.1. The summed E-state index contributed by atoms with van der Waals surface area (Å²) in [6.45, 7) is 0.997. The Labute approximate surface area is 174 Å². The number of nitrogens with zero attached hydrogens (tertiary/aromatic N) is 3. The van der Waals surface area contributed by atoms with E-state index in [1.54, 1.807) is 12.1 Å². The molecule has 1 aliphatic carbocycles. The topological polar surface area (TPSA) is 69.0 Å². The first kappa shape index (κ1) is 20.7. The lowest BCUT2D eigenvalue weighted by Gasteiger charge is -2.12. The fraction of sp³-hybridized carbons (Fsp3) is 0.450. The lowest BCUT2D eigenvalue weighted by molar-refractivity contribution is -0.118. The van der Waals surface area contributed by atoms with E-state index in [0.29, 0.717) is 40.7 Å². The van der Waals surface area contributed by atoms with E-state index in [2.05, 4.69) is 21.6 Å². The lowest BCUT2D eigenvalue weighted by atomic mass is 9.97. The van der Waals surface area contributed by atoms with Gasteiger partial charge in [0.25, 0.3) is 0 Å². The van der Waals surface area contributed by atoms with Gasteiger partial charge in [0.1, 0.15) is 12.4 Å². The number of halogens is 1. The Morgan fingerprint density at radius 2 is 2.11 bits per heavy atom. The van der Waals surface area contributed by atoms with Crippen molar-refractivity contribution in [1.29, 1.82) is 0 Å². The number of carbonyl (C=O) groups is 1. The van der Waals surface area contributed by atoms with Crippen molar-refractivity contribution < 1.29 is 9.53 Å². The van der Waals surface area contributed by atoms with E-state index in [9.17, 15) is 4.79 Å². The van der Waals surface area contributed by atoms with Crippen molar-refractivity contribution in [3.05, 3.63) is 46.8 Å². The van der Waals surface area contributed by atoms with Crippen LogP contribution in [-0.4, -0.2) is 33.0 Å². The minimum atomic E-state index is 0.0170.